The van der Waals surface area contributed by atoms with Gasteiger partial charge < -0.3 is 14.2 Å². The van der Waals surface area contributed by atoms with Crippen molar-refractivity contribution < 1.29 is 19.0 Å². The van der Waals surface area contributed by atoms with Crippen molar-refractivity contribution in [1.82, 2.24) is 0 Å². The maximum Gasteiger partial charge on any atom is 0.341 e. The number of rotatable bonds is 1. The molecule has 2 rings (SSSR count). The third-order valence-electron chi connectivity index (χ3n) is 2.01. The van der Waals surface area contributed by atoms with Crippen LogP contribution in [0.5, 0.6) is 11.5 Å². The zero-order valence-corrected chi connectivity index (χ0v) is 10.2. The molecule has 0 bridgehead atoms. The molecule has 5 heteroatoms. The fourth-order valence-corrected chi connectivity index (χ4v) is 1.98. The molecule has 1 aliphatic heterocycles. The Kier molecular flexibility index (Phi) is 2.99. The van der Waals surface area contributed by atoms with E-state index in [1.54, 1.807) is 6.07 Å². The van der Waals surface area contributed by atoms with Gasteiger partial charge in [0, 0.05) is 3.57 Å². The number of carbonyl (C=O) groups is 1. The van der Waals surface area contributed by atoms with Gasteiger partial charge in [-0.3, -0.25) is 0 Å². The van der Waals surface area contributed by atoms with E-state index >= 15 is 0 Å². The molecule has 0 saturated carbocycles. The molecule has 0 unspecified atom stereocenters. The maximum atomic E-state index is 11.5. The van der Waals surface area contributed by atoms with Gasteiger partial charge >= 0.3 is 5.97 Å². The minimum Gasteiger partial charge on any atom is -0.486 e. The van der Waals surface area contributed by atoms with Crippen molar-refractivity contribution in [3.05, 3.63) is 21.3 Å². The van der Waals surface area contributed by atoms with Crippen LogP contribution < -0.4 is 9.47 Å². The highest BCUT2D eigenvalue weighted by molar-refractivity contribution is 14.1. The summed E-state index contributed by atoms with van der Waals surface area (Å²) >= 11 is 2.12. The van der Waals surface area contributed by atoms with Gasteiger partial charge in [0.2, 0.25) is 0 Å². The van der Waals surface area contributed by atoms with Crippen LogP contribution in [0.1, 0.15) is 10.4 Å². The molecule has 4 nitrogen and oxygen atoms in total. The third kappa shape index (κ3) is 2.01. The van der Waals surface area contributed by atoms with Crippen LogP contribution in [-0.2, 0) is 4.74 Å². The maximum absolute atomic E-state index is 11.5. The lowest BCUT2D eigenvalue weighted by molar-refractivity contribution is 0.0590. The molecule has 0 aliphatic carbocycles. The summed E-state index contributed by atoms with van der Waals surface area (Å²) in [4.78, 5) is 11.5. The highest BCUT2D eigenvalue weighted by atomic mass is 127. The van der Waals surface area contributed by atoms with Gasteiger partial charge in [0.15, 0.2) is 11.5 Å². The van der Waals surface area contributed by atoms with Gasteiger partial charge in [-0.1, -0.05) is 0 Å². The van der Waals surface area contributed by atoms with Crippen LogP contribution in [0, 0.1) is 3.57 Å². The van der Waals surface area contributed by atoms with Crippen molar-refractivity contribution in [2.75, 3.05) is 20.3 Å². The lowest BCUT2D eigenvalue weighted by Crippen LogP contribution is -2.18. The minimum absolute atomic E-state index is 0.407. The Balaban J connectivity index is 2.52. The number of hydrogen-bond acceptors (Lipinski definition) is 4. The summed E-state index contributed by atoms with van der Waals surface area (Å²) in [6.45, 7) is 0.964. The molecular formula is C10H9IO4. The fraction of sp³-hybridized carbons (Fsp3) is 0.300. The molecule has 0 amide bonds. The van der Waals surface area contributed by atoms with Crippen molar-refractivity contribution in [3.63, 3.8) is 0 Å². The third-order valence-corrected chi connectivity index (χ3v) is 2.64. The number of fused-ring (bicyclic) bond motifs is 1. The molecule has 0 atom stereocenters. The Morgan fingerprint density at radius 2 is 2.13 bits per heavy atom. The summed E-state index contributed by atoms with van der Waals surface area (Å²) in [7, 11) is 1.35. The van der Waals surface area contributed by atoms with Crippen molar-refractivity contribution in [1.29, 1.82) is 0 Å². The van der Waals surface area contributed by atoms with Gasteiger partial charge in [0.25, 0.3) is 0 Å². The molecule has 1 aromatic rings. The largest absolute Gasteiger partial charge is 0.486 e. The average molecular weight is 320 g/mol. The topological polar surface area (TPSA) is 44.8 Å². The lowest BCUT2D eigenvalue weighted by Gasteiger charge is -2.20. The van der Waals surface area contributed by atoms with Crippen LogP contribution in [0.2, 0.25) is 0 Å². The number of halogens is 1. The second kappa shape index (κ2) is 4.26. The summed E-state index contributed by atoms with van der Waals surface area (Å²) in [5, 5.41) is 0. The van der Waals surface area contributed by atoms with E-state index in [0.29, 0.717) is 30.3 Å². The Labute approximate surface area is 101 Å². The van der Waals surface area contributed by atoms with Gasteiger partial charge in [0.05, 0.1) is 7.11 Å². The average Bonchev–Trinajstić information content (AvgIpc) is 2.26. The van der Waals surface area contributed by atoms with Crippen LogP contribution in [0.3, 0.4) is 0 Å². The first-order chi connectivity index (χ1) is 7.22. The van der Waals surface area contributed by atoms with E-state index < -0.39 is 5.97 Å². The first-order valence-electron chi connectivity index (χ1n) is 4.40. The molecule has 15 heavy (non-hydrogen) atoms. The van der Waals surface area contributed by atoms with Crippen LogP contribution in [0.25, 0.3) is 0 Å². The van der Waals surface area contributed by atoms with Gasteiger partial charge in [-0.15, -0.1) is 0 Å². The van der Waals surface area contributed by atoms with Crippen molar-refractivity contribution in [3.8, 4) is 11.5 Å². The van der Waals surface area contributed by atoms with Crippen LogP contribution in [0.4, 0.5) is 0 Å². The Morgan fingerprint density at radius 1 is 1.40 bits per heavy atom. The minimum atomic E-state index is -0.407. The van der Waals surface area contributed by atoms with Crippen molar-refractivity contribution in [2.24, 2.45) is 0 Å². The van der Waals surface area contributed by atoms with Crippen LogP contribution in [0.15, 0.2) is 12.1 Å². The fourth-order valence-electron chi connectivity index (χ4n) is 1.38. The summed E-state index contributed by atoms with van der Waals surface area (Å²) in [5.41, 5.74) is 0.416. The van der Waals surface area contributed by atoms with Gasteiger partial charge in [-0.05, 0) is 34.7 Å². The van der Waals surface area contributed by atoms with E-state index in [1.807, 2.05) is 6.07 Å². The van der Waals surface area contributed by atoms with Crippen LogP contribution >= 0.6 is 22.6 Å². The predicted molar refractivity (Wildman–Crippen MR) is 61.5 cm³/mol. The predicted octanol–water partition coefficient (Wildman–Crippen LogP) is 1.85. The molecule has 0 fully saturated rings. The number of benzene rings is 1. The molecule has 1 heterocycles. The number of hydrogen-bond donors (Lipinski definition) is 0. The Bertz CT molecular complexity index is 403. The monoisotopic (exact) mass is 320 g/mol. The van der Waals surface area contributed by atoms with Gasteiger partial charge in [-0.2, -0.15) is 0 Å². The normalized spacial score (nSPS) is 13.5. The summed E-state index contributed by atoms with van der Waals surface area (Å²) in [5.74, 6) is 0.678. The molecule has 0 spiro atoms. The number of carbonyl (C=O) groups excluding carboxylic acids is 1. The molecule has 1 aliphatic rings. The van der Waals surface area contributed by atoms with E-state index in [1.165, 1.54) is 7.11 Å². The zero-order valence-electron chi connectivity index (χ0n) is 8.08. The quantitative estimate of drug-likeness (QED) is 0.585. The Morgan fingerprint density at radius 3 is 2.87 bits per heavy atom. The van der Waals surface area contributed by atoms with E-state index in [0.717, 1.165) is 3.57 Å². The Hall–Kier alpha value is -0.980. The molecular weight excluding hydrogens is 311 g/mol. The molecule has 0 saturated heterocycles. The molecule has 1 aromatic carbocycles. The molecule has 80 valence electrons. The van der Waals surface area contributed by atoms with E-state index in [4.69, 9.17) is 9.47 Å². The number of methoxy groups -OCH3 is 1. The van der Waals surface area contributed by atoms with E-state index in [2.05, 4.69) is 27.3 Å². The first kappa shape index (κ1) is 10.5. The highest BCUT2D eigenvalue weighted by Crippen LogP contribution is 2.35. The lowest BCUT2D eigenvalue weighted by atomic mass is 10.2. The van der Waals surface area contributed by atoms with E-state index in [-0.39, 0.29) is 0 Å². The number of esters is 1. The second-order valence-corrected chi connectivity index (χ2v) is 4.21. The van der Waals surface area contributed by atoms with Crippen molar-refractivity contribution >= 4 is 28.6 Å². The molecule has 0 radical (unpaired) electrons. The smallest absolute Gasteiger partial charge is 0.341 e. The standard InChI is InChI=1S/C10H9IO4/c1-13-10(12)7-4-6(11)5-8-9(7)15-3-2-14-8/h4-5H,2-3H2,1H3. The summed E-state index contributed by atoms with van der Waals surface area (Å²) in [6.07, 6.45) is 0. The summed E-state index contributed by atoms with van der Waals surface area (Å²) in [6, 6.07) is 3.56. The SMILES string of the molecule is COC(=O)c1cc(I)cc2c1OCCO2. The number of ether oxygens (including phenoxy) is 3. The summed E-state index contributed by atoms with van der Waals surface area (Å²) < 4.78 is 16.4. The molecule has 0 N–H and O–H groups in total. The first-order valence-corrected chi connectivity index (χ1v) is 5.47. The van der Waals surface area contributed by atoms with Crippen molar-refractivity contribution in [2.45, 2.75) is 0 Å². The second-order valence-electron chi connectivity index (χ2n) is 2.97. The zero-order chi connectivity index (χ0) is 10.8. The highest BCUT2D eigenvalue weighted by Gasteiger charge is 2.22. The molecule has 0 aromatic heterocycles. The van der Waals surface area contributed by atoms with Crippen LogP contribution in [-0.4, -0.2) is 26.3 Å². The van der Waals surface area contributed by atoms with E-state index in [9.17, 15) is 4.79 Å². The van der Waals surface area contributed by atoms with Gasteiger partial charge in [0.1, 0.15) is 18.8 Å². The van der Waals surface area contributed by atoms with Gasteiger partial charge in [-0.25, -0.2) is 4.79 Å².